The Labute approximate surface area is 111 Å². The summed E-state index contributed by atoms with van der Waals surface area (Å²) in [5.41, 5.74) is -0.254. The van der Waals surface area contributed by atoms with Gasteiger partial charge < -0.3 is 10.4 Å². The quantitative estimate of drug-likeness (QED) is 0.753. The fourth-order valence-corrected chi connectivity index (χ4v) is 1.42. The number of hydrogen-bond acceptors (Lipinski definition) is 4. The molecule has 1 amide bonds. The highest BCUT2D eigenvalue weighted by molar-refractivity contribution is 5.93. The lowest BCUT2D eigenvalue weighted by Gasteiger charge is -2.16. The minimum absolute atomic E-state index is 0.0446. The number of nitrogens with zero attached hydrogens (tertiary/aromatic N) is 2. The molecule has 0 saturated carbocycles. The van der Waals surface area contributed by atoms with Gasteiger partial charge >= 0.3 is 5.97 Å². The number of rotatable bonds is 4. The molecule has 1 aromatic heterocycles. The molecule has 0 saturated heterocycles. The highest BCUT2D eigenvalue weighted by Crippen LogP contribution is 2.17. The Morgan fingerprint density at radius 1 is 1.32 bits per heavy atom. The van der Waals surface area contributed by atoms with Crippen molar-refractivity contribution in [2.75, 3.05) is 0 Å². The van der Waals surface area contributed by atoms with Crippen LogP contribution in [0, 0.1) is 5.92 Å². The number of H-pyrrole nitrogens is 1. The minimum atomic E-state index is -1.07. The predicted octanol–water partition coefficient (Wildman–Crippen LogP) is 0.941. The molecule has 0 aliphatic heterocycles. The van der Waals surface area contributed by atoms with Crippen molar-refractivity contribution >= 4 is 11.9 Å². The molecule has 1 heterocycles. The molecule has 0 spiro atoms. The van der Waals surface area contributed by atoms with Crippen LogP contribution in [-0.4, -0.2) is 38.2 Å². The summed E-state index contributed by atoms with van der Waals surface area (Å²) in [6.07, 6.45) is 0. The maximum atomic E-state index is 11.9. The molecule has 19 heavy (non-hydrogen) atoms. The second kappa shape index (κ2) is 5.38. The Balaban J connectivity index is 2.84. The lowest BCUT2D eigenvalue weighted by Crippen LogP contribution is -2.44. The zero-order valence-electron chi connectivity index (χ0n) is 11.8. The molecule has 3 N–H and O–H groups in total. The lowest BCUT2D eigenvalue weighted by molar-refractivity contribution is -0.140. The maximum absolute atomic E-state index is 11.9. The van der Waals surface area contributed by atoms with Crippen molar-refractivity contribution in [1.82, 2.24) is 20.5 Å². The van der Waals surface area contributed by atoms with Gasteiger partial charge in [-0.15, -0.1) is 5.10 Å². The third kappa shape index (κ3) is 3.77. The van der Waals surface area contributed by atoms with Crippen LogP contribution in [-0.2, 0) is 10.2 Å². The third-order valence-corrected chi connectivity index (χ3v) is 2.62. The number of carboxylic acid groups (broad SMARTS) is 1. The Bertz CT molecular complexity index is 474. The summed E-state index contributed by atoms with van der Waals surface area (Å²) in [6.45, 7) is 9.24. The van der Waals surface area contributed by atoms with Crippen LogP contribution in [0.1, 0.15) is 51.1 Å². The molecule has 0 aromatic carbocycles. The first-order chi connectivity index (χ1) is 8.62. The van der Waals surface area contributed by atoms with Crippen LogP contribution in [0.25, 0.3) is 0 Å². The van der Waals surface area contributed by atoms with Crippen LogP contribution in [0.2, 0.25) is 0 Å². The number of nitrogens with one attached hydrogen (secondary N) is 2. The highest BCUT2D eigenvalue weighted by Gasteiger charge is 2.27. The Kier molecular flexibility index (Phi) is 4.28. The molecule has 0 fully saturated rings. The van der Waals surface area contributed by atoms with E-state index in [1.54, 1.807) is 13.8 Å². The Hall–Kier alpha value is -1.92. The van der Waals surface area contributed by atoms with Gasteiger partial charge in [0, 0.05) is 5.41 Å². The molecule has 0 bridgehead atoms. The van der Waals surface area contributed by atoms with E-state index in [4.69, 9.17) is 5.11 Å². The van der Waals surface area contributed by atoms with E-state index in [9.17, 15) is 9.59 Å². The second-order valence-electron chi connectivity index (χ2n) is 5.79. The van der Waals surface area contributed by atoms with Gasteiger partial charge in [-0.3, -0.25) is 9.89 Å². The number of aliphatic carboxylic acids is 1. The third-order valence-electron chi connectivity index (χ3n) is 2.62. The number of carbonyl (C=O) groups excluding carboxylic acids is 1. The van der Waals surface area contributed by atoms with Gasteiger partial charge in [0.25, 0.3) is 5.91 Å². The van der Waals surface area contributed by atoms with E-state index in [0.717, 1.165) is 0 Å². The number of hydrogen-bond donors (Lipinski definition) is 3. The lowest BCUT2D eigenvalue weighted by atomic mass is 9.96. The van der Waals surface area contributed by atoms with Crippen LogP contribution >= 0.6 is 0 Å². The van der Waals surface area contributed by atoms with E-state index in [1.165, 1.54) is 0 Å². The van der Waals surface area contributed by atoms with Gasteiger partial charge in [0.2, 0.25) is 5.82 Å². The van der Waals surface area contributed by atoms with Crippen LogP contribution in [0.4, 0.5) is 0 Å². The fraction of sp³-hybridized carbons (Fsp3) is 0.667. The summed E-state index contributed by atoms with van der Waals surface area (Å²) < 4.78 is 0. The van der Waals surface area contributed by atoms with Gasteiger partial charge in [-0.25, -0.2) is 9.78 Å². The monoisotopic (exact) mass is 268 g/mol. The molecule has 7 heteroatoms. The van der Waals surface area contributed by atoms with Crippen LogP contribution in [0.15, 0.2) is 0 Å². The smallest absolute Gasteiger partial charge is 0.326 e. The van der Waals surface area contributed by atoms with Crippen molar-refractivity contribution in [2.45, 2.75) is 46.1 Å². The molecule has 0 radical (unpaired) electrons. The first-order valence-electron chi connectivity index (χ1n) is 6.09. The minimum Gasteiger partial charge on any atom is -0.480 e. The standard InChI is InChI=1S/C12H20N4O3/c1-6(2)7(10(18)19)13-9(17)8-14-11(16-15-8)12(3,4)5/h6-7H,1-5H3,(H,13,17)(H,18,19)(H,14,15,16)/t7-/m1/s1. The summed E-state index contributed by atoms with van der Waals surface area (Å²) in [7, 11) is 0. The molecule has 0 aliphatic carbocycles. The van der Waals surface area contributed by atoms with E-state index in [2.05, 4.69) is 20.5 Å². The predicted molar refractivity (Wildman–Crippen MR) is 68.8 cm³/mol. The van der Waals surface area contributed by atoms with Gasteiger partial charge in [0.05, 0.1) is 0 Å². The van der Waals surface area contributed by atoms with Crippen molar-refractivity contribution in [3.63, 3.8) is 0 Å². The van der Waals surface area contributed by atoms with E-state index in [1.807, 2.05) is 20.8 Å². The van der Waals surface area contributed by atoms with Gasteiger partial charge in [-0.2, -0.15) is 0 Å². The average Bonchev–Trinajstić information content (AvgIpc) is 2.73. The number of carboxylic acids is 1. The van der Waals surface area contributed by atoms with E-state index in [-0.39, 0.29) is 17.2 Å². The van der Waals surface area contributed by atoms with Gasteiger partial charge in [0.15, 0.2) is 0 Å². The number of aromatic amines is 1. The molecular weight excluding hydrogens is 248 g/mol. The SMILES string of the molecule is CC(C)[C@@H](NC(=O)c1n[nH]c(C(C)(C)C)n1)C(=O)O. The van der Waals surface area contributed by atoms with Crippen LogP contribution < -0.4 is 5.32 Å². The molecule has 7 nitrogen and oxygen atoms in total. The first kappa shape index (κ1) is 15.1. The molecule has 1 rings (SSSR count). The average molecular weight is 268 g/mol. The van der Waals surface area contributed by atoms with Crippen molar-refractivity contribution in [3.05, 3.63) is 11.6 Å². The number of aromatic nitrogens is 3. The van der Waals surface area contributed by atoms with E-state index >= 15 is 0 Å². The van der Waals surface area contributed by atoms with Gasteiger partial charge in [-0.1, -0.05) is 34.6 Å². The summed E-state index contributed by atoms with van der Waals surface area (Å²) in [4.78, 5) is 27.0. The van der Waals surface area contributed by atoms with E-state index < -0.39 is 17.9 Å². The van der Waals surface area contributed by atoms with Gasteiger partial charge in [0.1, 0.15) is 11.9 Å². The zero-order chi connectivity index (χ0) is 14.8. The summed E-state index contributed by atoms with van der Waals surface area (Å²) in [5.74, 6) is -1.35. The summed E-state index contributed by atoms with van der Waals surface area (Å²) >= 11 is 0. The van der Waals surface area contributed by atoms with Crippen molar-refractivity contribution in [1.29, 1.82) is 0 Å². The molecule has 0 unspecified atom stereocenters. The largest absolute Gasteiger partial charge is 0.480 e. The fourth-order valence-electron chi connectivity index (χ4n) is 1.42. The molecular formula is C12H20N4O3. The van der Waals surface area contributed by atoms with E-state index in [0.29, 0.717) is 5.82 Å². The van der Waals surface area contributed by atoms with Gasteiger partial charge in [-0.05, 0) is 5.92 Å². The molecule has 1 atom stereocenters. The number of carbonyl (C=O) groups is 2. The zero-order valence-corrected chi connectivity index (χ0v) is 11.8. The normalized spacial score (nSPS) is 13.4. The second-order valence-corrected chi connectivity index (χ2v) is 5.79. The van der Waals surface area contributed by atoms with Crippen molar-refractivity contribution in [3.8, 4) is 0 Å². The molecule has 1 aromatic rings. The highest BCUT2D eigenvalue weighted by atomic mass is 16.4. The van der Waals surface area contributed by atoms with Crippen molar-refractivity contribution < 1.29 is 14.7 Å². The van der Waals surface area contributed by atoms with Crippen LogP contribution in [0.5, 0.6) is 0 Å². The van der Waals surface area contributed by atoms with Crippen molar-refractivity contribution in [2.24, 2.45) is 5.92 Å². The Morgan fingerprint density at radius 3 is 2.26 bits per heavy atom. The van der Waals surface area contributed by atoms with Crippen LogP contribution in [0.3, 0.4) is 0 Å². The molecule has 0 aliphatic rings. The first-order valence-corrected chi connectivity index (χ1v) is 6.09. The number of amides is 1. The summed E-state index contributed by atoms with van der Waals surface area (Å²) in [6, 6.07) is -0.955. The summed E-state index contributed by atoms with van der Waals surface area (Å²) in [5, 5.41) is 17.9. The Morgan fingerprint density at radius 2 is 1.89 bits per heavy atom. The molecule has 106 valence electrons. The topological polar surface area (TPSA) is 108 Å². The maximum Gasteiger partial charge on any atom is 0.326 e.